The Morgan fingerprint density at radius 1 is 1.42 bits per heavy atom. The van der Waals surface area contributed by atoms with Crippen molar-refractivity contribution in [2.75, 3.05) is 13.6 Å². The van der Waals surface area contributed by atoms with Crippen LogP contribution < -0.4 is 4.74 Å². The van der Waals surface area contributed by atoms with E-state index in [4.69, 9.17) is 9.84 Å². The van der Waals surface area contributed by atoms with Crippen LogP contribution in [0.2, 0.25) is 0 Å². The SMILES string of the molecule is CN(CCCC(=O)O)C(=O)C1Cc2ccccc2O1. The second kappa shape index (κ2) is 5.73. The minimum absolute atomic E-state index is 0.0728. The predicted molar refractivity (Wildman–Crippen MR) is 69.1 cm³/mol. The standard InChI is InChI=1S/C14H17NO4/c1-15(8-4-7-13(16)17)14(18)12-9-10-5-2-3-6-11(10)19-12/h2-3,5-6,12H,4,7-9H2,1H3,(H,16,17). The van der Waals surface area contributed by atoms with Crippen LogP contribution in [0.15, 0.2) is 24.3 Å². The lowest BCUT2D eigenvalue weighted by atomic mass is 10.1. The number of carboxylic acid groups (broad SMARTS) is 1. The maximum atomic E-state index is 12.1. The monoisotopic (exact) mass is 263 g/mol. The Bertz CT molecular complexity index is 461. The van der Waals surface area contributed by atoms with E-state index in [1.165, 1.54) is 0 Å². The Morgan fingerprint density at radius 3 is 2.84 bits per heavy atom. The third kappa shape index (κ3) is 3.24. The zero-order valence-electron chi connectivity index (χ0n) is 10.8. The highest BCUT2D eigenvalue weighted by atomic mass is 16.5. The summed E-state index contributed by atoms with van der Waals surface area (Å²) in [5, 5.41) is 8.57. The Kier molecular flexibility index (Phi) is 4.04. The Balaban J connectivity index is 1.86. The molecule has 0 radical (unpaired) electrons. The lowest BCUT2D eigenvalue weighted by Gasteiger charge is -2.20. The molecule has 0 bridgehead atoms. The predicted octanol–water partition coefficient (Wildman–Crippen LogP) is 1.31. The van der Waals surface area contributed by atoms with Gasteiger partial charge in [-0.3, -0.25) is 9.59 Å². The number of carboxylic acids is 1. The van der Waals surface area contributed by atoms with E-state index in [2.05, 4.69) is 0 Å². The summed E-state index contributed by atoms with van der Waals surface area (Å²) in [6, 6.07) is 7.61. The summed E-state index contributed by atoms with van der Waals surface area (Å²) in [5.41, 5.74) is 1.04. The molecule has 0 aromatic heterocycles. The quantitative estimate of drug-likeness (QED) is 0.870. The second-order valence-corrected chi connectivity index (χ2v) is 4.68. The maximum Gasteiger partial charge on any atom is 0.303 e. The number of ether oxygens (including phenoxy) is 1. The first-order valence-corrected chi connectivity index (χ1v) is 6.29. The van der Waals surface area contributed by atoms with Crippen LogP contribution in [0.4, 0.5) is 0 Å². The van der Waals surface area contributed by atoms with Crippen LogP contribution in [0.1, 0.15) is 18.4 Å². The molecule has 102 valence electrons. The molecule has 0 fully saturated rings. The van der Waals surface area contributed by atoms with Gasteiger partial charge in [0.05, 0.1) is 0 Å². The van der Waals surface area contributed by atoms with Gasteiger partial charge < -0.3 is 14.7 Å². The highest BCUT2D eigenvalue weighted by Crippen LogP contribution is 2.28. The third-order valence-electron chi connectivity index (χ3n) is 3.18. The lowest BCUT2D eigenvalue weighted by Crippen LogP contribution is -2.39. The molecule has 5 nitrogen and oxygen atoms in total. The van der Waals surface area contributed by atoms with E-state index >= 15 is 0 Å². The average molecular weight is 263 g/mol. The number of hydrogen-bond acceptors (Lipinski definition) is 3. The number of amides is 1. The number of aliphatic carboxylic acids is 1. The molecule has 1 aromatic carbocycles. The van der Waals surface area contributed by atoms with Crippen LogP contribution in [-0.4, -0.2) is 41.6 Å². The molecular formula is C14H17NO4. The molecule has 2 rings (SSSR count). The van der Waals surface area contributed by atoms with E-state index in [-0.39, 0.29) is 12.3 Å². The molecule has 0 aliphatic carbocycles. The summed E-state index contributed by atoms with van der Waals surface area (Å²) in [5.74, 6) is -0.174. The van der Waals surface area contributed by atoms with Crippen molar-refractivity contribution in [2.24, 2.45) is 0 Å². The Labute approximate surface area is 111 Å². The van der Waals surface area contributed by atoms with Gasteiger partial charge in [0.25, 0.3) is 5.91 Å². The summed E-state index contributed by atoms with van der Waals surface area (Å²) >= 11 is 0. The van der Waals surface area contributed by atoms with Gasteiger partial charge in [0.15, 0.2) is 6.10 Å². The van der Waals surface area contributed by atoms with Gasteiger partial charge in [0.2, 0.25) is 0 Å². The second-order valence-electron chi connectivity index (χ2n) is 4.68. The van der Waals surface area contributed by atoms with Crippen molar-refractivity contribution in [2.45, 2.75) is 25.4 Å². The van der Waals surface area contributed by atoms with Gasteiger partial charge in [0.1, 0.15) is 5.75 Å². The molecule has 0 saturated carbocycles. The minimum atomic E-state index is -0.842. The Hall–Kier alpha value is -2.04. The number of fused-ring (bicyclic) bond motifs is 1. The van der Waals surface area contributed by atoms with Gasteiger partial charge in [-0.25, -0.2) is 0 Å². The van der Waals surface area contributed by atoms with E-state index in [9.17, 15) is 9.59 Å². The third-order valence-corrected chi connectivity index (χ3v) is 3.18. The molecule has 0 spiro atoms. The molecule has 1 atom stereocenters. The fourth-order valence-electron chi connectivity index (χ4n) is 2.14. The summed E-state index contributed by atoms with van der Waals surface area (Å²) < 4.78 is 5.61. The zero-order valence-corrected chi connectivity index (χ0v) is 10.8. The fourth-order valence-corrected chi connectivity index (χ4v) is 2.14. The first-order chi connectivity index (χ1) is 9.08. The van der Waals surface area contributed by atoms with Gasteiger partial charge >= 0.3 is 5.97 Å². The van der Waals surface area contributed by atoms with Crippen molar-refractivity contribution in [1.29, 1.82) is 0 Å². The molecule has 1 heterocycles. The van der Waals surface area contributed by atoms with Gasteiger partial charge in [-0.2, -0.15) is 0 Å². The first kappa shape index (κ1) is 13.4. The van der Waals surface area contributed by atoms with Crippen molar-refractivity contribution in [3.63, 3.8) is 0 Å². The number of likely N-dealkylation sites (N-methyl/N-ethyl adjacent to an activating group) is 1. The smallest absolute Gasteiger partial charge is 0.303 e. The molecule has 1 amide bonds. The van der Waals surface area contributed by atoms with Gasteiger partial charge in [-0.05, 0) is 18.1 Å². The number of carbonyl (C=O) groups excluding carboxylic acids is 1. The molecule has 1 aliphatic rings. The molecular weight excluding hydrogens is 246 g/mol. The number of hydrogen-bond donors (Lipinski definition) is 1. The summed E-state index contributed by atoms with van der Waals surface area (Å²) in [6.07, 6.45) is 0.631. The van der Waals surface area contributed by atoms with Crippen LogP contribution in [-0.2, 0) is 16.0 Å². The normalized spacial score (nSPS) is 16.6. The van der Waals surface area contributed by atoms with Crippen molar-refractivity contribution in [3.8, 4) is 5.75 Å². The molecule has 1 aliphatic heterocycles. The van der Waals surface area contributed by atoms with Crippen molar-refractivity contribution in [1.82, 2.24) is 4.90 Å². The van der Waals surface area contributed by atoms with E-state index in [0.717, 1.165) is 11.3 Å². The van der Waals surface area contributed by atoms with E-state index in [0.29, 0.717) is 19.4 Å². The first-order valence-electron chi connectivity index (χ1n) is 6.29. The molecule has 1 unspecified atom stereocenters. The van der Waals surface area contributed by atoms with Crippen LogP contribution in [0.25, 0.3) is 0 Å². The lowest BCUT2D eigenvalue weighted by molar-refractivity contribution is -0.139. The number of rotatable bonds is 5. The maximum absolute atomic E-state index is 12.1. The van der Waals surface area contributed by atoms with E-state index in [1.54, 1.807) is 11.9 Å². The Morgan fingerprint density at radius 2 is 2.16 bits per heavy atom. The molecule has 0 saturated heterocycles. The summed E-state index contributed by atoms with van der Waals surface area (Å²) in [6.45, 7) is 0.432. The number of nitrogens with zero attached hydrogens (tertiary/aromatic N) is 1. The van der Waals surface area contributed by atoms with Crippen LogP contribution in [0, 0.1) is 0 Å². The average Bonchev–Trinajstić information content (AvgIpc) is 2.80. The molecule has 19 heavy (non-hydrogen) atoms. The summed E-state index contributed by atoms with van der Waals surface area (Å²) in [4.78, 5) is 24.1. The van der Waals surface area contributed by atoms with Crippen LogP contribution in [0.5, 0.6) is 5.75 Å². The van der Waals surface area contributed by atoms with Gasteiger partial charge in [0, 0.05) is 26.4 Å². The fraction of sp³-hybridized carbons (Fsp3) is 0.429. The van der Waals surface area contributed by atoms with Crippen molar-refractivity contribution >= 4 is 11.9 Å². The zero-order chi connectivity index (χ0) is 13.8. The van der Waals surface area contributed by atoms with Crippen molar-refractivity contribution in [3.05, 3.63) is 29.8 Å². The number of carbonyl (C=O) groups is 2. The van der Waals surface area contributed by atoms with Crippen molar-refractivity contribution < 1.29 is 19.4 Å². The molecule has 1 aromatic rings. The number of para-hydroxylation sites is 1. The van der Waals surface area contributed by atoms with E-state index < -0.39 is 12.1 Å². The number of benzene rings is 1. The van der Waals surface area contributed by atoms with E-state index in [1.807, 2.05) is 24.3 Å². The van der Waals surface area contributed by atoms with Gasteiger partial charge in [-0.15, -0.1) is 0 Å². The van der Waals surface area contributed by atoms with Gasteiger partial charge in [-0.1, -0.05) is 18.2 Å². The highest BCUT2D eigenvalue weighted by Gasteiger charge is 2.30. The highest BCUT2D eigenvalue weighted by molar-refractivity contribution is 5.82. The van der Waals surface area contributed by atoms with Crippen LogP contribution >= 0.6 is 0 Å². The molecule has 5 heteroatoms. The topological polar surface area (TPSA) is 66.8 Å². The minimum Gasteiger partial charge on any atom is -0.481 e. The largest absolute Gasteiger partial charge is 0.481 e. The molecule has 1 N–H and O–H groups in total. The van der Waals surface area contributed by atoms with Crippen LogP contribution in [0.3, 0.4) is 0 Å². The summed E-state index contributed by atoms with van der Waals surface area (Å²) in [7, 11) is 1.68.